The fraction of sp³-hybridized carbons (Fsp3) is 0.294. The minimum atomic E-state index is -0.348. The van der Waals surface area contributed by atoms with Gasteiger partial charge < -0.3 is 14.6 Å². The van der Waals surface area contributed by atoms with Crippen LogP contribution in [0.5, 0.6) is 5.75 Å². The summed E-state index contributed by atoms with van der Waals surface area (Å²) in [6.45, 7) is 0.138. The second kappa shape index (κ2) is 6.87. The Bertz CT molecular complexity index is 844. The van der Waals surface area contributed by atoms with Crippen molar-refractivity contribution in [1.82, 2.24) is 9.88 Å². The number of carbonyl (C=O) groups excluding carboxylic acids is 1. The monoisotopic (exact) mass is 366 g/mol. The number of nitrogens with one attached hydrogen (secondary N) is 1. The molecule has 0 saturated heterocycles. The van der Waals surface area contributed by atoms with Crippen LogP contribution in [-0.2, 0) is 13.7 Å². The predicted octanol–water partition coefficient (Wildman–Crippen LogP) is 3.16. The number of aryl methyl sites for hydroxylation is 1. The lowest BCUT2D eigenvalue weighted by Crippen LogP contribution is -2.29. The third kappa shape index (κ3) is 3.91. The number of pyridine rings is 1. The maximum atomic E-state index is 12.2. The second-order valence-electron chi connectivity index (χ2n) is 5.77. The summed E-state index contributed by atoms with van der Waals surface area (Å²) in [6, 6.07) is 6.58. The predicted molar refractivity (Wildman–Crippen MR) is 93.0 cm³/mol. The van der Waals surface area contributed by atoms with Gasteiger partial charge in [0.25, 0.3) is 5.91 Å². The summed E-state index contributed by atoms with van der Waals surface area (Å²) < 4.78 is 7.14. The van der Waals surface area contributed by atoms with Gasteiger partial charge in [-0.2, -0.15) is 0 Å². The van der Waals surface area contributed by atoms with E-state index in [9.17, 15) is 9.59 Å². The molecule has 24 heavy (non-hydrogen) atoms. The largest absolute Gasteiger partial charge is 0.483 e. The van der Waals surface area contributed by atoms with E-state index in [1.807, 2.05) is 0 Å². The van der Waals surface area contributed by atoms with Gasteiger partial charge in [-0.3, -0.25) is 9.59 Å². The first kappa shape index (κ1) is 16.9. The summed E-state index contributed by atoms with van der Waals surface area (Å²) in [5.74, 6) is -0.0871. The van der Waals surface area contributed by atoms with Gasteiger partial charge in [0, 0.05) is 34.8 Å². The topological polar surface area (TPSA) is 60.3 Å². The highest BCUT2D eigenvalue weighted by Crippen LogP contribution is 2.22. The number of carbonyl (C=O) groups is 1. The molecule has 0 spiro atoms. The molecule has 3 rings (SSSR count). The van der Waals surface area contributed by atoms with E-state index >= 15 is 0 Å². The standard InChI is InChI=1S/C17H16Cl2N2O3/c1-21-8-16(24-9-10-2-3-11(18)6-13(10)19)15(22)7-14(21)17(23)20-12-4-5-12/h2-3,6-8,12H,4-5,9H2,1H3,(H,20,23). The molecular weight excluding hydrogens is 351 g/mol. The van der Waals surface area contributed by atoms with Crippen molar-refractivity contribution in [3.63, 3.8) is 0 Å². The molecule has 1 N–H and O–H groups in total. The molecule has 2 aromatic rings. The number of nitrogens with zero attached hydrogens (tertiary/aromatic N) is 1. The average molecular weight is 367 g/mol. The third-order valence-electron chi connectivity index (χ3n) is 3.75. The molecule has 1 saturated carbocycles. The molecule has 1 fully saturated rings. The summed E-state index contributed by atoms with van der Waals surface area (Å²) in [5, 5.41) is 3.86. The zero-order valence-corrected chi connectivity index (χ0v) is 14.5. The molecule has 5 nitrogen and oxygen atoms in total. The van der Waals surface area contributed by atoms with Crippen molar-refractivity contribution in [1.29, 1.82) is 0 Å². The lowest BCUT2D eigenvalue weighted by Gasteiger charge is -2.12. The zero-order chi connectivity index (χ0) is 17.3. The number of halogens is 2. The number of hydrogen-bond donors (Lipinski definition) is 1. The van der Waals surface area contributed by atoms with E-state index in [0.29, 0.717) is 15.7 Å². The first-order valence-corrected chi connectivity index (χ1v) is 8.28. The van der Waals surface area contributed by atoms with Gasteiger partial charge in [-0.25, -0.2) is 0 Å². The molecule has 0 bridgehead atoms. The molecule has 0 atom stereocenters. The fourth-order valence-corrected chi connectivity index (χ4v) is 2.68. The Morgan fingerprint density at radius 2 is 2.08 bits per heavy atom. The zero-order valence-electron chi connectivity index (χ0n) is 13.0. The first-order chi connectivity index (χ1) is 11.4. The van der Waals surface area contributed by atoms with Crippen molar-refractivity contribution in [3.05, 3.63) is 62.0 Å². The van der Waals surface area contributed by atoms with E-state index in [1.165, 1.54) is 12.3 Å². The summed E-state index contributed by atoms with van der Waals surface area (Å²) in [4.78, 5) is 24.3. The Hall–Kier alpha value is -1.98. The summed E-state index contributed by atoms with van der Waals surface area (Å²) in [7, 11) is 1.70. The van der Waals surface area contributed by atoms with Crippen LogP contribution in [0.1, 0.15) is 28.9 Å². The number of aromatic nitrogens is 1. The average Bonchev–Trinajstić information content (AvgIpc) is 3.33. The van der Waals surface area contributed by atoms with Crippen LogP contribution in [0.25, 0.3) is 0 Å². The van der Waals surface area contributed by atoms with Gasteiger partial charge in [0.15, 0.2) is 5.75 Å². The van der Waals surface area contributed by atoms with E-state index in [4.69, 9.17) is 27.9 Å². The molecule has 1 heterocycles. The molecule has 0 unspecified atom stereocenters. The highest BCUT2D eigenvalue weighted by Gasteiger charge is 2.25. The van der Waals surface area contributed by atoms with E-state index in [2.05, 4.69) is 5.32 Å². The normalized spacial score (nSPS) is 13.6. The van der Waals surface area contributed by atoms with Gasteiger partial charge in [-0.15, -0.1) is 0 Å². The quantitative estimate of drug-likeness (QED) is 0.883. The van der Waals surface area contributed by atoms with Gasteiger partial charge in [-0.05, 0) is 25.0 Å². The molecule has 0 radical (unpaired) electrons. The molecule has 7 heteroatoms. The van der Waals surface area contributed by atoms with E-state index < -0.39 is 0 Å². The first-order valence-electron chi connectivity index (χ1n) is 7.52. The number of ether oxygens (including phenoxy) is 1. The molecule has 0 aliphatic heterocycles. The Morgan fingerprint density at radius 1 is 1.33 bits per heavy atom. The van der Waals surface area contributed by atoms with Crippen LogP contribution in [0.2, 0.25) is 10.0 Å². The molecule has 1 aromatic carbocycles. The Balaban J connectivity index is 1.75. The van der Waals surface area contributed by atoms with Crippen LogP contribution in [0, 0.1) is 0 Å². The third-order valence-corrected chi connectivity index (χ3v) is 4.33. The van der Waals surface area contributed by atoms with E-state index in [0.717, 1.165) is 18.4 Å². The SMILES string of the molecule is Cn1cc(OCc2ccc(Cl)cc2Cl)c(=O)cc1C(=O)NC1CC1. The highest BCUT2D eigenvalue weighted by atomic mass is 35.5. The van der Waals surface area contributed by atoms with Crippen molar-refractivity contribution >= 4 is 29.1 Å². The van der Waals surface area contributed by atoms with Crippen LogP contribution in [0.15, 0.2) is 35.3 Å². The Morgan fingerprint density at radius 3 is 2.75 bits per heavy atom. The summed E-state index contributed by atoms with van der Waals surface area (Å²) in [6.07, 6.45) is 3.49. The second-order valence-corrected chi connectivity index (χ2v) is 6.61. The number of rotatable bonds is 5. The summed E-state index contributed by atoms with van der Waals surface area (Å²) in [5.41, 5.74) is 0.682. The van der Waals surface area contributed by atoms with Crippen molar-refractivity contribution in [2.24, 2.45) is 7.05 Å². The molecule has 1 amide bonds. The Labute approximate surface area is 149 Å². The minimum Gasteiger partial charge on any atom is -0.483 e. The molecule has 126 valence electrons. The molecule has 1 aliphatic carbocycles. The minimum absolute atomic E-state index is 0.138. The van der Waals surface area contributed by atoms with Crippen LogP contribution >= 0.6 is 23.2 Å². The van der Waals surface area contributed by atoms with Gasteiger partial charge >= 0.3 is 0 Å². The van der Waals surface area contributed by atoms with Gasteiger partial charge in [0.2, 0.25) is 5.43 Å². The van der Waals surface area contributed by atoms with Gasteiger partial charge in [-0.1, -0.05) is 29.3 Å². The van der Waals surface area contributed by atoms with Crippen molar-refractivity contribution < 1.29 is 9.53 Å². The lowest BCUT2D eigenvalue weighted by molar-refractivity contribution is 0.0942. The van der Waals surface area contributed by atoms with Crippen molar-refractivity contribution in [2.75, 3.05) is 0 Å². The smallest absolute Gasteiger partial charge is 0.268 e. The van der Waals surface area contributed by atoms with E-state index in [-0.39, 0.29) is 29.7 Å². The van der Waals surface area contributed by atoms with Crippen LogP contribution in [0.3, 0.4) is 0 Å². The number of hydrogen-bond acceptors (Lipinski definition) is 3. The van der Waals surface area contributed by atoms with Gasteiger partial charge in [0.05, 0.1) is 6.20 Å². The van der Waals surface area contributed by atoms with Crippen molar-refractivity contribution in [3.8, 4) is 5.75 Å². The van der Waals surface area contributed by atoms with E-state index in [1.54, 1.807) is 29.8 Å². The molecule has 1 aromatic heterocycles. The van der Waals surface area contributed by atoms with Crippen LogP contribution in [0.4, 0.5) is 0 Å². The highest BCUT2D eigenvalue weighted by molar-refractivity contribution is 6.35. The summed E-state index contributed by atoms with van der Waals surface area (Å²) >= 11 is 11.9. The Kier molecular flexibility index (Phi) is 4.83. The van der Waals surface area contributed by atoms with Gasteiger partial charge in [0.1, 0.15) is 12.3 Å². The number of amides is 1. The van der Waals surface area contributed by atoms with Crippen LogP contribution in [-0.4, -0.2) is 16.5 Å². The van der Waals surface area contributed by atoms with Crippen LogP contribution < -0.4 is 15.5 Å². The van der Waals surface area contributed by atoms with Crippen molar-refractivity contribution in [2.45, 2.75) is 25.5 Å². The maximum absolute atomic E-state index is 12.2. The number of benzene rings is 1. The lowest BCUT2D eigenvalue weighted by atomic mass is 10.2. The fourth-order valence-electron chi connectivity index (χ4n) is 2.22. The molecule has 1 aliphatic rings. The maximum Gasteiger partial charge on any atom is 0.268 e. The molecular formula is C17H16Cl2N2O3.